The summed E-state index contributed by atoms with van der Waals surface area (Å²) in [5, 5.41) is 2.73. The number of hydrogen-bond acceptors (Lipinski definition) is 6. The van der Waals surface area contributed by atoms with E-state index in [9.17, 15) is 13.2 Å². The molecule has 0 aromatic heterocycles. The highest BCUT2D eigenvalue weighted by atomic mass is 32.2. The van der Waals surface area contributed by atoms with Gasteiger partial charge in [0.1, 0.15) is 30.4 Å². The molecule has 0 aliphatic carbocycles. The Hall–Kier alpha value is -3.72. The number of amides is 1. The standard InChI is InChI=1S/C26H30N2O6S/c1-19-14-20(2)16-22(15-19)34-13-12-27-26(29)18-28(35(30,31)23-8-6-5-7-9-23)24-17-21(32-3)10-11-25(24)33-4/h5-11,14-17H,12-13,18H2,1-4H3,(H,27,29). The first-order chi connectivity index (χ1) is 16.7. The topological polar surface area (TPSA) is 94.2 Å². The van der Waals surface area contributed by atoms with Crippen molar-refractivity contribution in [3.63, 3.8) is 0 Å². The van der Waals surface area contributed by atoms with Gasteiger partial charge in [0.2, 0.25) is 5.91 Å². The van der Waals surface area contributed by atoms with Crippen LogP contribution in [0.4, 0.5) is 5.69 Å². The summed E-state index contributed by atoms with van der Waals surface area (Å²) in [6.45, 7) is 3.96. The van der Waals surface area contributed by atoms with Gasteiger partial charge in [0, 0.05) is 6.07 Å². The van der Waals surface area contributed by atoms with Crippen molar-refractivity contribution in [2.75, 3.05) is 38.2 Å². The smallest absolute Gasteiger partial charge is 0.264 e. The summed E-state index contributed by atoms with van der Waals surface area (Å²) in [4.78, 5) is 12.9. The number of rotatable bonds is 11. The molecule has 186 valence electrons. The van der Waals surface area contributed by atoms with Crippen molar-refractivity contribution in [2.24, 2.45) is 0 Å². The third-order valence-corrected chi connectivity index (χ3v) is 6.94. The number of benzene rings is 3. The van der Waals surface area contributed by atoms with Crippen LogP contribution in [0.1, 0.15) is 11.1 Å². The SMILES string of the molecule is COc1ccc(OC)c(N(CC(=O)NCCOc2cc(C)cc(C)c2)S(=O)(=O)c2ccccc2)c1. The molecule has 0 saturated carbocycles. The fraction of sp³-hybridized carbons (Fsp3) is 0.269. The maximum Gasteiger partial charge on any atom is 0.264 e. The van der Waals surface area contributed by atoms with Gasteiger partial charge in [0.15, 0.2) is 0 Å². The predicted molar refractivity (Wildman–Crippen MR) is 135 cm³/mol. The highest BCUT2D eigenvalue weighted by molar-refractivity contribution is 7.92. The van der Waals surface area contributed by atoms with Gasteiger partial charge in [-0.25, -0.2) is 8.42 Å². The van der Waals surface area contributed by atoms with Gasteiger partial charge in [-0.15, -0.1) is 0 Å². The Labute approximate surface area is 206 Å². The van der Waals surface area contributed by atoms with Gasteiger partial charge < -0.3 is 19.5 Å². The molecule has 3 rings (SSSR count). The Morgan fingerprint density at radius 1 is 0.886 bits per heavy atom. The van der Waals surface area contributed by atoms with E-state index in [0.29, 0.717) is 11.5 Å². The van der Waals surface area contributed by atoms with E-state index in [-0.39, 0.29) is 29.5 Å². The molecule has 0 aliphatic rings. The number of carbonyl (C=O) groups excluding carboxylic acids is 1. The summed E-state index contributed by atoms with van der Waals surface area (Å²) in [7, 11) is -1.17. The molecule has 3 aromatic carbocycles. The molecular weight excluding hydrogens is 468 g/mol. The number of anilines is 1. The number of carbonyl (C=O) groups is 1. The number of hydrogen-bond donors (Lipinski definition) is 1. The van der Waals surface area contributed by atoms with E-state index in [1.54, 1.807) is 30.3 Å². The summed E-state index contributed by atoms with van der Waals surface area (Å²) in [5.74, 6) is 0.942. The Morgan fingerprint density at radius 3 is 2.20 bits per heavy atom. The maximum atomic E-state index is 13.5. The summed E-state index contributed by atoms with van der Waals surface area (Å²) in [6.07, 6.45) is 0. The summed E-state index contributed by atoms with van der Waals surface area (Å²) in [6, 6.07) is 18.6. The first-order valence-electron chi connectivity index (χ1n) is 11.0. The van der Waals surface area contributed by atoms with Crippen LogP contribution in [-0.2, 0) is 14.8 Å². The molecule has 0 radical (unpaired) electrons. The lowest BCUT2D eigenvalue weighted by atomic mass is 10.1. The molecule has 0 saturated heterocycles. The summed E-state index contributed by atoms with van der Waals surface area (Å²) >= 11 is 0. The third-order valence-electron chi connectivity index (χ3n) is 5.16. The second-order valence-electron chi connectivity index (χ2n) is 7.88. The first kappa shape index (κ1) is 25.9. The molecule has 0 heterocycles. The van der Waals surface area contributed by atoms with Gasteiger partial charge >= 0.3 is 0 Å². The van der Waals surface area contributed by atoms with Crippen molar-refractivity contribution in [1.82, 2.24) is 5.32 Å². The molecule has 0 aliphatic heterocycles. The molecule has 9 heteroatoms. The highest BCUT2D eigenvalue weighted by Gasteiger charge is 2.29. The van der Waals surface area contributed by atoms with E-state index < -0.39 is 22.5 Å². The lowest BCUT2D eigenvalue weighted by Gasteiger charge is -2.26. The zero-order chi connectivity index (χ0) is 25.4. The second-order valence-corrected chi connectivity index (χ2v) is 9.75. The molecule has 1 N–H and O–H groups in total. The largest absolute Gasteiger partial charge is 0.497 e. The molecule has 0 spiro atoms. The summed E-state index contributed by atoms with van der Waals surface area (Å²) in [5.41, 5.74) is 2.36. The third kappa shape index (κ3) is 6.66. The van der Waals surface area contributed by atoms with Gasteiger partial charge in [-0.1, -0.05) is 24.3 Å². The van der Waals surface area contributed by atoms with Crippen LogP contribution in [0.5, 0.6) is 17.2 Å². The van der Waals surface area contributed by atoms with Crippen LogP contribution in [0.15, 0.2) is 71.6 Å². The number of nitrogens with one attached hydrogen (secondary N) is 1. The molecule has 35 heavy (non-hydrogen) atoms. The quantitative estimate of drug-likeness (QED) is 0.405. The fourth-order valence-corrected chi connectivity index (χ4v) is 5.02. The van der Waals surface area contributed by atoms with E-state index in [1.807, 2.05) is 32.0 Å². The fourth-order valence-electron chi connectivity index (χ4n) is 3.57. The van der Waals surface area contributed by atoms with Gasteiger partial charge in [-0.2, -0.15) is 0 Å². The predicted octanol–water partition coefficient (Wildman–Crippen LogP) is 3.71. The zero-order valence-corrected chi connectivity index (χ0v) is 21.1. The van der Waals surface area contributed by atoms with Crippen molar-refractivity contribution in [3.8, 4) is 17.2 Å². The van der Waals surface area contributed by atoms with Crippen molar-refractivity contribution < 1.29 is 27.4 Å². The van der Waals surface area contributed by atoms with Crippen LogP contribution >= 0.6 is 0 Å². The van der Waals surface area contributed by atoms with E-state index in [1.165, 1.54) is 32.4 Å². The maximum absolute atomic E-state index is 13.5. The zero-order valence-electron chi connectivity index (χ0n) is 20.3. The molecule has 3 aromatic rings. The van der Waals surface area contributed by atoms with Crippen LogP contribution in [0, 0.1) is 13.8 Å². The minimum Gasteiger partial charge on any atom is -0.497 e. The van der Waals surface area contributed by atoms with E-state index in [0.717, 1.165) is 15.4 Å². The Morgan fingerprint density at radius 2 is 1.57 bits per heavy atom. The first-order valence-corrected chi connectivity index (χ1v) is 12.5. The number of ether oxygens (including phenoxy) is 3. The Balaban J connectivity index is 1.79. The van der Waals surface area contributed by atoms with Crippen LogP contribution in [0.2, 0.25) is 0 Å². The molecule has 0 unspecified atom stereocenters. The normalized spacial score (nSPS) is 11.0. The van der Waals surface area contributed by atoms with Crippen molar-refractivity contribution in [3.05, 3.63) is 77.9 Å². The molecule has 0 bridgehead atoms. The van der Waals surface area contributed by atoms with E-state index in [4.69, 9.17) is 14.2 Å². The van der Waals surface area contributed by atoms with Crippen molar-refractivity contribution in [2.45, 2.75) is 18.7 Å². The van der Waals surface area contributed by atoms with Crippen molar-refractivity contribution >= 4 is 21.6 Å². The monoisotopic (exact) mass is 498 g/mol. The van der Waals surface area contributed by atoms with E-state index >= 15 is 0 Å². The number of aryl methyl sites for hydroxylation is 2. The van der Waals surface area contributed by atoms with E-state index in [2.05, 4.69) is 5.32 Å². The van der Waals surface area contributed by atoms with Crippen LogP contribution in [-0.4, -0.2) is 48.2 Å². The van der Waals surface area contributed by atoms with Gasteiger partial charge in [-0.05, 0) is 61.4 Å². The second kappa shape index (κ2) is 11.6. The van der Waals surface area contributed by atoms with Gasteiger partial charge in [0.25, 0.3) is 10.0 Å². The highest BCUT2D eigenvalue weighted by Crippen LogP contribution is 2.35. The number of nitrogens with zero attached hydrogens (tertiary/aromatic N) is 1. The Kier molecular flexibility index (Phi) is 8.59. The number of methoxy groups -OCH3 is 2. The van der Waals surface area contributed by atoms with Crippen LogP contribution in [0.3, 0.4) is 0 Å². The molecule has 0 fully saturated rings. The van der Waals surface area contributed by atoms with Crippen LogP contribution in [0.25, 0.3) is 0 Å². The van der Waals surface area contributed by atoms with Crippen molar-refractivity contribution in [1.29, 1.82) is 0 Å². The van der Waals surface area contributed by atoms with Gasteiger partial charge in [0.05, 0.1) is 31.3 Å². The molecule has 1 amide bonds. The van der Waals surface area contributed by atoms with Crippen LogP contribution < -0.4 is 23.8 Å². The molecular formula is C26H30N2O6S. The molecule has 8 nitrogen and oxygen atoms in total. The lowest BCUT2D eigenvalue weighted by Crippen LogP contribution is -2.42. The minimum absolute atomic E-state index is 0.0517. The Bertz CT molecular complexity index is 1240. The lowest BCUT2D eigenvalue weighted by molar-refractivity contribution is -0.119. The average molecular weight is 499 g/mol. The number of sulfonamides is 1. The summed E-state index contributed by atoms with van der Waals surface area (Å²) < 4.78 is 44.5. The minimum atomic E-state index is -4.08. The average Bonchev–Trinajstić information content (AvgIpc) is 2.84. The molecule has 0 atom stereocenters. The van der Waals surface area contributed by atoms with Gasteiger partial charge in [-0.3, -0.25) is 9.10 Å².